The van der Waals surface area contributed by atoms with E-state index in [-0.39, 0.29) is 18.4 Å². The van der Waals surface area contributed by atoms with Gasteiger partial charge < -0.3 is 9.88 Å². The number of nitrogens with zero attached hydrogens (tertiary/aromatic N) is 2. The number of likely N-dealkylation sites (tertiary alicyclic amines) is 1. The first-order valence-corrected chi connectivity index (χ1v) is 7.95. The van der Waals surface area contributed by atoms with Crippen molar-refractivity contribution in [1.29, 1.82) is 0 Å². The first-order chi connectivity index (χ1) is 10.6. The Labute approximate surface area is 130 Å². The lowest BCUT2D eigenvalue weighted by Crippen LogP contribution is -2.35. The summed E-state index contributed by atoms with van der Waals surface area (Å²) in [5.74, 6) is -0.113. The van der Waals surface area contributed by atoms with Crippen LogP contribution in [0.2, 0.25) is 0 Å². The molecular weight excluding hydrogens is 304 g/mol. The maximum absolute atomic E-state index is 12.6. The molecule has 8 heteroatoms. The average Bonchev–Trinajstić information content (AvgIpc) is 3.11. The number of aryl methyl sites for hydroxylation is 1. The van der Waals surface area contributed by atoms with Crippen LogP contribution in [-0.4, -0.2) is 32.3 Å². The van der Waals surface area contributed by atoms with E-state index in [1.165, 1.54) is 11.3 Å². The molecule has 0 radical (unpaired) electrons. The van der Waals surface area contributed by atoms with E-state index in [1.807, 2.05) is 5.38 Å². The van der Waals surface area contributed by atoms with Crippen molar-refractivity contribution < 1.29 is 4.79 Å². The highest BCUT2D eigenvalue weighted by molar-refractivity contribution is 7.09. The minimum absolute atomic E-state index is 0.00495. The zero-order valence-corrected chi connectivity index (χ0v) is 12.9. The van der Waals surface area contributed by atoms with E-state index in [9.17, 15) is 14.4 Å². The van der Waals surface area contributed by atoms with E-state index in [1.54, 1.807) is 18.0 Å². The molecule has 0 spiro atoms. The number of aromatic amines is 2. The molecule has 116 valence electrons. The number of carbonyl (C=O) groups is 1. The molecule has 2 N–H and O–H groups in total. The third-order valence-corrected chi connectivity index (χ3v) is 4.77. The molecule has 0 aliphatic carbocycles. The number of nitrogens with one attached hydrogen (secondary N) is 2. The standard InChI is InChI=1S/C14H16N4O3S/c1-8-9(12(20)17-14(21)16-8)7-11(19)18-5-2-3-10(18)13-15-4-6-22-13/h4,6,10H,2-3,5,7H2,1H3,(H2,16,17,20,21)/t10-/m0/s1. The Morgan fingerprint density at radius 2 is 2.27 bits per heavy atom. The van der Waals surface area contributed by atoms with Crippen molar-refractivity contribution in [3.63, 3.8) is 0 Å². The summed E-state index contributed by atoms with van der Waals surface area (Å²) in [7, 11) is 0. The topological polar surface area (TPSA) is 98.9 Å². The Kier molecular flexibility index (Phi) is 3.93. The highest BCUT2D eigenvalue weighted by Gasteiger charge is 2.32. The molecule has 0 bridgehead atoms. The van der Waals surface area contributed by atoms with E-state index in [0.717, 1.165) is 17.8 Å². The molecule has 1 aliphatic heterocycles. The van der Waals surface area contributed by atoms with E-state index in [2.05, 4.69) is 15.0 Å². The lowest BCUT2D eigenvalue weighted by atomic mass is 10.1. The number of thiazole rings is 1. The molecule has 0 aromatic carbocycles. The fourth-order valence-corrected chi connectivity index (χ4v) is 3.60. The summed E-state index contributed by atoms with van der Waals surface area (Å²) in [4.78, 5) is 46.4. The first-order valence-electron chi connectivity index (χ1n) is 7.07. The smallest absolute Gasteiger partial charge is 0.325 e. The van der Waals surface area contributed by atoms with Crippen molar-refractivity contribution >= 4 is 17.2 Å². The fourth-order valence-electron chi connectivity index (χ4n) is 2.81. The Bertz CT molecular complexity index is 793. The van der Waals surface area contributed by atoms with Crippen LogP contribution >= 0.6 is 11.3 Å². The predicted molar refractivity (Wildman–Crippen MR) is 81.9 cm³/mol. The van der Waals surface area contributed by atoms with Crippen LogP contribution in [-0.2, 0) is 11.2 Å². The summed E-state index contributed by atoms with van der Waals surface area (Å²) in [6.45, 7) is 2.30. The molecule has 2 aromatic rings. The lowest BCUT2D eigenvalue weighted by Gasteiger charge is -2.23. The second-order valence-corrected chi connectivity index (χ2v) is 6.23. The molecule has 7 nitrogen and oxygen atoms in total. The molecular formula is C14H16N4O3S. The second kappa shape index (κ2) is 5.88. The lowest BCUT2D eigenvalue weighted by molar-refractivity contribution is -0.131. The van der Waals surface area contributed by atoms with Gasteiger partial charge >= 0.3 is 5.69 Å². The van der Waals surface area contributed by atoms with Crippen LogP contribution in [0.4, 0.5) is 0 Å². The molecule has 1 saturated heterocycles. The van der Waals surface area contributed by atoms with Crippen LogP contribution < -0.4 is 11.2 Å². The van der Waals surface area contributed by atoms with Crippen LogP contribution in [0.5, 0.6) is 0 Å². The molecule has 1 atom stereocenters. The molecule has 1 amide bonds. The van der Waals surface area contributed by atoms with Gasteiger partial charge in [-0.1, -0.05) is 0 Å². The molecule has 2 aromatic heterocycles. The van der Waals surface area contributed by atoms with Gasteiger partial charge in [0.05, 0.1) is 12.5 Å². The van der Waals surface area contributed by atoms with Gasteiger partial charge in [0.1, 0.15) is 5.01 Å². The minimum Gasteiger partial charge on any atom is -0.333 e. The van der Waals surface area contributed by atoms with Crippen LogP contribution in [0, 0.1) is 6.92 Å². The van der Waals surface area contributed by atoms with Crippen molar-refractivity contribution in [2.45, 2.75) is 32.2 Å². The maximum atomic E-state index is 12.6. The normalized spacial score (nSPS) is 17.9. The Balaban J connectivity index is 1.83. The summed E-state index contributed by atoms with van der Waals surface area (Å²) < 4.78 is 0. The number of amides is 1. The van der Waals surface area contributed by atoms with Gasteiger partial charge in [-0.25, -0.2) is 9.78 Å². The highest BCUT2D eigenvalue weighted by Crippen LogP contribution is 2.33. The van der Waals surface area contributed by atoms with Gasteiger partial charge in [0, 0.05) is 29.4 Å². The fraction of sp³-hybridized carbons (Fsp3) is 0.429. The number of hydrogen-bond acceptors (Lipinski definition) is 5. The zero-order valence-electron chi connectivity index (χ0n) is 12.1. The van der Waals surface area contributed by atoms with Crippen molar-refractivity contribution in [2.75, 3.05) is 6.54 Å². The van der Waals surface area contributed by atoms with Gasteiger partial charge in [-0.15, -0.1) is 11.3 Å². The van der Waals surface area contributed by atoms with Crippen LogP contribution in [0.15, 0.2) is 21.2 Å². The SMILES string of the molecule is Cc1[nH]c(=O)[nH]c(=O)c1CC(=O)N1CCC[C@H]1c1nccs1. The first kappa shape index (κ1) is 14.7. The van der Waals surface area contributed by atoms with Crippen molar-refractivity contribution in [3.8, 4) is 0 Å². The third kappa shape index (κ3) is 2.74. The number of H-pyrrole nitrogens is 2. The van der Waals surface area contributed by atoms with Crippen molar-refractivity contribution in [3.05, 3.63) is 48.7 Å². The second-order valence-electron chi connectivity index (χ2n) is 5.30. The summed E-state index contributed by atoms with van der Waals surface area (Å²) >= 11 is 1.54. The third-order valence-electron chi connectivity index (χ3n) is 3.89. The average molecular weight is 320 g/mol. The van der Waals surface area contributed by atoms with Gasteiger partial charge in [0.15, 0.2) is 0 Å². The van der Waals surface area contributed by atoms with Gasteiger partial charge in [0.2, 0.25) is 5.91 Å². The Morgan fingerprint density at radius 1 is 1.45 bits per heavy atom. The quantitative estimate of drug-likeness (QED) is 0.871. The van der Waals surface area contributed by atoms with Crippen molar-refractivity contribution in [2.24, 2.45) is 0 Å². The summed E-state index contributed by atoms with van der Waals surface area (Å²) in [6.07, 6.45) is 3.54. The number of carbonyl (C=O) groups excluding carboxylic acids is 1. The predicted octanol–water partition coefficient (Wildman–Crippen LogP) is 0.734. The van der Waals surface area contributed by atoms with Crippen LogP contribution in [0.3, 0.4) is 0 Å². The largest absolute Gasteiger partial charge is 0.333 e. The van der Waals surface area contributed by atoms with E-state index in [4.69, 9.17) is 0 Å². The summed E-state index contributed by atoms with van der Waals surface area (Å²) in [6, 6.07) is -0.00495. The van der Waals surface area contributed by atoms with Crippen LogP contribution in [0.1, 0.15) is 35.1 Å². The number of aromatic nitrogens is 3. The van der Waals surface area contributed by atoms with Gasteiger partial charge in [0.25, 0.3) is 5.56 Å². The van der Waals surface area contributed by atoms with Gasteiger partial charge in [-0.05, 0) is 19.8 Å². The molecule has 1 fully saturated rings. The Hall–Kier alpha value is -2.22. The van der Waals surface area contributed by atoms with Crippen molar-refractivity contribution in [1.82, 2.24) is 19.9 Å². The number of hydrogen-bond donors (Lipinski definition) is 2. The molecule has 0 saturated carbocycles. The van der Waals surface area contributed by atoms with Crippen LogP contribution in [0.25, 0.3) is 0 Å². The summed E-state index contributed by atoms with van der Waals surface area (Å²) in [5, 5.41) is 2.82. The van der Waals surface area contributed by atoms with E-state index < -0.39 is 11.2 Å². The molecule has 1 aliphatic rings. The molecule has 22 heavy (non-hydrogen) atoms. The zero-order chi connectivity index (χ0) is 15.7. The summed E-state index contributed by atoms with van der Waals surface area (Å²) in [5.41, 5.74) is -0.304. The monoisotopic (exact) mass is 320 g/mol. The van der Waals surface area contributed by atoms with Gasteiger partial charge in [-0.2, -0.15) is 0 Å². The van der Waals surface area contributed by atoms with E-state index in [0.29, 0.717) is 17.8 Å². The molecule has 3 rings (SSSR count). The Morgan fingerprint density at radius 3 is 2.95 bits per heavy atom. The number of rotatable bonds is 3. The molecule has 0 unspecified atom stereocenters. The maximum Gasteiger partial charge on any atom is 0.325 e. The molecule has 3 heterocycles. The highest BCUT2D eigenvalue weighted by atomic mass is 32.1. The van der Waals surface area contributed by atoms with E-state index >= 15 is 0 Å². The minimum atomic E-state index is -0.555. The van der Waals surface area contributed by atoms with Gasteiger partial charge in [-0.3, -0.25) is 14.6 Å².